The van der Waals surface area contributed by atoms with Crippen LogP contribution < -0.4 is 0 Å². The van der Waals surface area contributed by atoms with Crippen LogP contribution in [0, 0.1) is 22.7 Å². The Balaban J connectivity index is 1.48. The van der Waals surface area contributed by atoms with Gasteiger partial charge in [0.05, 0.1) is 44.6 Å². The molecule has 0 amide bonds. The van der Waals surface area contributed by atoms with E-state index in [1.807, 2.05) is 36.4 Å². The first-order valence-electron chi connectivity index (χ1n) is 15.2. The van der Waals surface area contributed by atoms with E-state index in [0.717, 1.165) is 60.4 Å². The average molecular weight is 585 g/mol. The standard InChI is InChI=1S/C42H24N4/c43-25-30-20-23-40(42(35(30)26-44)46-36-16-8-6-14-32(36)33-15-7-9-17-37(33)46)45-38-21-19-29(27-10-2-1-3-11-27)24-34(38)41-31-13-5-4-12-28(31)18-22-39(41)45/h1-24H. The fourth-order valence-electron chi connectivity index (χ4n) is 7.22. The van der Waals surface area contributed by atoms with Crippen LogP contribution in [-0.4, -0.2) is 9.13 Å². The molecular formula is C42H24N4. The Kier molecular flexibility index (Phi) is 5.59. The SMILES string of the molecule is N#Cc1ccc(-n2c3ccc(-c4ccccc4)cc3c3c4ccccc4ccc32)c(-n2c3ccccc3c3ccccc32)c1C#N. The molecule has 0 fully saturated rings. The van der Waals surface area contributed by atoms with Crippen LogP contribution in [0.1, 0.15) is 11.1 Å². The Hall–Kier alpha value is -6.62. The van der Waals surface area contributed by atoms with Crippen molar-refractivity contribution in [2.24, 2.45) is 0 Å². The molecule has 0 radical (unpaired) electrons. The quantitative estimate of drug-likeness (QED) is 0.207. The van der Waals surface area contributed by atoms with Gasteiger partial charge in [-0.15, -0.1) is 0 Å². The lowest BCUT2D eigenvalue weighted by molar-refractivity contribution is 1.08. The van der Waals surface area contributed by atoms with E-state index in [4.69, 9.17) is 0 Å². The third kappa shape index (κ3) is 3.59. The second-order valence-corrected chi connectivity index (χ2v) is 11.6. The van der Waals surface area contributed by atoms with Gasteiger partial charge in [-0.05, 0) is 64.4 Å². The Morgan fingerprint density at radius 3 is 1.78 bits per heavy atom. The number of fused-ring (bicyclic) bond motifs is 8. The van der Waals surface area contributed by atoms with Crippen molar-refractivity contribution in [2.75, 3.05) is 0 Å². The molecule has 0 unspecified atom stereocenters. The van der Waals surface area contributed by atoms with Crippen molar-refractivity contribution in [1.29, 1.82) is 10.5 Å². The van der Waals surface area contributed by atoms with Gasteiger partial charge in [0.1, 0.15) is 12.1 Å². The molecule has 9 aromatic rings. The summed E-state index contributed by atoms with van der Waals surface area (Å²) in [7, 11) is 0. The lowest BCUT2D eigenvalue weighted by Crippen LogP contribution is -2.07. The Labute approximate surface area is 264 Å². The lowest BCUT2D eigenvalue weighted by atomic mass is 10.0. The molecule has 0 aliphatic carbocycles. The van der Waals surface area contributed by atoms with E-state index < -0.39 is 0 Å². The van der Waals surface area contributed by atoms with Gasteiger partial charge in [0.15, 0.2) is 0 Å². The Morgan fingerprint density at radius 1 is 0.435 bits per heavy atom. The van der Waals surface area contributed by atoms with E-state index in [-0.39, 0.29) is 0 Å². The zero-order valence-electron chi connectivity index (χ0n) is 24.6. The maximum atomic E-state index is 10.7. The van der Waals surface area contributed by atoms with Crippen molar-refractivity contribution in [1.82, 2.24) is 9.13 Å². The summed E-state index contributed by atoms with van der Waals surface area (Å²) in [5, 5.41) is 27.7. The fourth-order valence-corrected chi connectivity index (χ4v) is 7.22. The van der Waals surface area contributed by atoms with Crippen molar-refractivity contribution in [3.8, 4) is 34.6 Å². The van der Waals surface area contributed by atoms with Crippen LogP contribution in [0.2, 0.25) is 0 Å². The average Bonchev–Trinajstić information content (AvgIpc) is 3.64. The highest BCUT2D eigenvalue weighted by molar-refractivity contribution is 6.22. The van der Waals surface area contributed by atoms with Gasteiger partial charge >= 0.3 is 0 Å². The van der Waals surface area contributed by atoms with E-state index in [0.29, 0.717) is 16.8 Å². The molecule has 0 saturated heterocycles. The number of rotatable bonds is 3. The maximum Gasteiger partial charge on any atom is 0.103 e. The predicted molar refractivity (Wildman–Crippen MR) is 187 cm³/mol. The van der Waals surface area contributed by atoms with Gasteiger partial charge in [-0.2, -0.15) is 10.5 Å². The molecule has 2 heterocycles. The Morgan fingerprint density at radius 2 is 1.07 bits per heavy atom. The molecule has 0 N–H and O–H groups in total. The van der Waals surface area contributed by atoms with Crippen LogP contribution in [0.4, 0.5) is 0 Å². The number of hydrogen-bond acceptors (Lipinski definition) is 2. The van der Waals surface area contributed by atoms with Gasteiger partial charge in [-0.3, -0.25) is 0 Å². The van der Waals surface area contributed by atoms with E-state index in [9.17, 15) is 10.5 Å². The number of para-hydroxylation sites is 2. The smallest absolute Gasteiger partial charge is 0.103 e. The van der Waals surface area contributed by atoms with Gasteiger partial charge < -0.3 is 9.13 Å². The third-order valence-electron chi connectivity index (χ3n) is 9.20. The van der Waals surface area contributed by atoms with Crippen molar-refractivity contribution >= 4 is 54.4 Å². The van der Waals surface area contributed by atoms with Crippen molar-refractivity contribution in [3.05, 3.63) is 157 Å². The highest BCUT2D eigenvalue weighted by atomic mass is 15.1. The number of hydrogen-bond donors (Lipinski definition) is 0. The molecule has 0 spiro atoms. The highest BCUT2D eigenvalue weighted by Gasteiger charge is 2.24. The molecule has 0 aliphatic rings. The van der Waals surface area contributed by atoms with Crippen molar-refractivity contribution < 1.29 is 0 Å². The summed E-state index contributed by atoms with van der Waals surface area (Å²) >= 11 is 0. The minimum absolute atomic E-state index is 0.348. The molecule has 9 rings (SSSR count). The molecule has 46 heavy (non-hydrogen) atoms. The van der Waals surface area contributed by atoms with E-state index in [1.165, 1.54) is 10.8 Å². The first-order chi connectivity index (χ1) is 22.8. The van der Waals surface area contributed by atoms with E-state index in [1.54, 1.807) is 6.07 Å². The minimum atomic E-state index is 0.348. The largest absolute Gasteiger partial charge is 0.307 e. The minimum Gasteiger partial charge on any atom is -0.307 e. The van der Waals surface area contributed by atoms with Crippen LogP contribution in [0.15, 0.2) is 146 Å². The van der Waals surface area contributed by atoms with Crippen LogP contribution >= 0.6 is 0 Å². The molecule has 0 aliphatic heterocycles. The zero-order valence-corrected chi connectivity index (χ0v) is 24.6. The molecule has 212 valence electrons. The number of nitrogens with zero attached hydrogens (tertiary/aromatic N) is 4. The molecule has 2 aromatic heterocycles. The highest BCUT2D eigenvalue weighted by Crippen LogP contribution is 2.42. The topological polar surface area (TPSA) is 57.4 Å². The second-order valence-electron chi connectivity index (χ2n) is 11.6. The normalized spacial score (nSPS) is 11.4. The molecule has 4 heteroatoms. The zero-order chi connectivity index (χ0) is 30.8. The first kappa shape index (κ1) is 25.8. The van der Waals surface area contributed by atoms with Crippen LogP contribution in [0.5, 0.6) is 0 Å². The van der Waals surface area contributed by atoms with Crippen LogP contribution in [0.3, 0.4) is 0 Å². The third-order valence-corrected chi connectivity index (χ3v) is 9.20. The summed E-state index contributed by atoms with van der Waals surface area (Å²) in [5.74, 6) is 0. The summed E-state index contributed by atoms with van der Waals surface area (Å²) < 4.78 is 4.43. The van der Waals surface area contributed by atoms with Crippen LogP contribution in [0.25, 0.3) is 76.9 Å². The van der Waals surface area contributed by atoms with Crippen molar-refractivity contribution in [2.45, 2.75) is 0 Å². The first-order valence-corrected chi connectivity index (χ1v) is 15.2. The summed E-state index contributed by atoms with van der Waals surface area (Å²) in [6.07, 6.45) is 0. The van der Waals surface area contributed by atoms with Gasteiger partial charge in [0, 0.05) is 21.5 Å². The fraction of sp³-hybridized carbons (Fsp3) is 0. The Bertz CT molecular complexity index is 2710. The number of aromatic nitrogens is 2. The molecular weight excluding hydrogens is 560 g/mol. The van der Waals surface area contributed by atoms with Gasteiger partial charge in [-0.1, -0.05) is 103 Å². The summed E-state index contributed by atoms with van der Waals surface area (Å²) in [5.41, 5.74) is 8.55. The molecule has 0 bridgehead atoms. The number of benzene rings is 7. The lowest BCUT2D eigenvalue weighted by Gasteiger charge is -2.19. The van der Waals surface area contributed by atoms with E-state index >= 15 is 0 Å². The second kappa shape index (κ2) is 9.96. The van der Waals surface area contributed by atoms with Gasteiger partial charge in [-0.25, -0.2) is 0 Å². The maximum absolute atomic E-state index is 10.7. The van der Waals surface area contributed by atoms with E-state index in [2.05, 4.69) is 124 Å². The predicted octanol–water partition coefficient (Wildman–Crippen LogP) is 10.4. The van der Waals surface area contributed by atoms with Gasteiger partial charge in [0.25, 0.3) is 0 Å². The van der Waals surface area contributed by atoms with Crippen LogP contribution in [-0.2, 0) is 0 Å². The number of nitriles is 2. The summed E-state index contributed by atoms with van der Waals surface area (Å²) in [6.45, 7) is 0. The molecule has 7 aromatic carbocycles. The monoisotopic (exact) mass is 584 g/mol. The molecule has 0 atom stereocenters. The van der Waals surface area contributed by atoms with Crippen molar-refractivity contribution in [3.63, 3.8) is 0 Å². The summed E-state index contributed by atoms with van der Waals surface area (Å²) in [4.78, 5) is 0. The molecule has 0 saturated carbocycles. The van der Waals surface area contributed by atoms with Gasteiger partial charge in [0.2, 0.25) is 0 Å². The molecule has 4 nitrogen and oxygen atoms in total. The summed E-state index contributed by atoms with van der Waals surface area (Å²) in [6, 6.07) is 55.0.